The molecule has 2 fully saturated rings. The number of rotatable bonds is 7. The first kappa shape index (κ1) is 23.2. The van der Waals surface area contributed by atoms with E-state index in [2.05, 4.69) is 30.2 Å². The summed E-state index contributed by atoms with van der Waals surface area (Å²) >= 11 is 0. The number of nitrogens with one attached hydrogen (secondary N) is 2. The molecule has 1 saturated carbocycles. The minimum Gasteiger partial charge on any atom is -0.366 e. The van der Waals surface area contributed by atoms with Crippen LogP contribution in [-0.4, -0.2) is 61.1 Å². The number of pyridine rings is 2. The van der Waals surface area contributed by atoms with Gasteiger partial charge in [-0.1, -0.05) is 6.07 Å². The minimum atomic E-state index is -0.827. The average molecular weight is 500 g/mol. The van der Waals surface area contributed by atoms with Crippen LogP contribution in [0.25, 0.3) is 11.0 Å². The number of amides is 1. The molecule has 6 rings (SSSR count). The largest absolute Gasteiger partial charge is 0.366 e. The van der Waals surface area contributed by atoms with Gasteiger partial charge in [-0.2, -0.15) is 4.39 Å². The molecule has 188 valence electrons. The van der Waals surface area contributed by atoms with Crippen molar-refractivity contribution in [2.45, 2.75) is 44.1 Å². The molecule has 0 bridgehead atoms. The molecule has 1 aliphatic heterocycles. The standard InChI is InChI=1S/C27H26FN7O2/c1-35-9-8-18(11-22(35)36)34-27-23-20(13-30-26(23)31-14-32-27)24(37)19-6-5-17(33-25(19)28)10-15-2-7-21(29-12-15)16-3-4-16/h2,5-7,12-14,16,18H,3-4,8-11H2,1H3,(H2,30,31,32,34). The highest BCUT2D eigenvalue weighted by molar-refractivity contribution is 6.18. The Bertz CT molecular complexity index is 1500. The molecular formula is C27H26FN7O2. The van der Waals surface area contributed by atoms with Crippen molar-refractivity contribution < 1.29 is 14.0 Å². The van der Waals surface area contributed by atoms with Crippen LogP contribution in [0.5, 0.6) is 0 Å². The van der Waals surface area contributed by atoms with Gasteiger partial charge in [0.1, 0.15) is 17.8 Å². The summed E-state index contributed by atoms with van der Waals surface area (Å²) < 4.78 is 15.1. The van der Waals surface area contributed by atoms with Crippen molar-refractivity contribution in [2.75, 3.05) is 18.9 Å². The fraction of sp³-hybridized carbons (Fsp3) is 0.333. The molecule has 4 aromatic heterocycles. The number of ketones is 1. The molecule has 1 atom stereocenters. The van der Waals surface area contributed by atoms with E-state index in [0.717, 1.165) is 17.7 Å². The molecule has 5 heterocycles. The highest BCUT2D eigenvalue weighted by atomic mass is 19.1. The predicted molar refractivity (Wildman–Crippen MR) is 135 cm³/mol. The maximum Gasteiger partial charge on any atom is 0.224 e. The summed E-state index contributed by atoms with van der Waals surface area (Å²) in [5.41, 5.74) is 3.12. The van der Waals surface area contributed by atoms with Crippen LogP contribution in [0.4, 0.5) is 10.2 Å². The number of carbonyl (C=O) groups excluding carboxylic acids is 2. The Morgan fingerprint density at radius 3 is 2.73 bits per heavy atom. The van der Waals surface area contributed by atoms with Gasteiger partial charge in [-0.3, -0.25) is 14.6 Å². The number of hydrogen-bond acceptors (Lipinski definition) is 7. The number of aromatic amines is 1. The molecule has 2 aliphatic rings. The summed E-state index contributed by atoms with van der Waals surface area (Å²) in [6.45, 7) is 0.633. The number of anilines is 1. The van der Waals surface area contributed by atoms with E-state index in [-0.39, 0.29) is 23.1 Å². The number of nitrogens with zero attached hydrogens (tertiary/aromatic N) is 5. The minimum absolute atomic E-state index is 0.0438. The number of piperidine rings is 1. The van der Waals surface area contributed by atoms with E-state index in [0.29, 0.717) is 47.8 Å². The molecule has 4 aromatic rings. The topological polar surface area (TPSA) is 117 Å². The number of hydrogen-bond donors (Lipinski definition) is 2. The highest BCUT2D eigenvalue weighted by Gasteiger charge is 2.27. The van der Waals surface area contributed by atoms with E-state index < -0.39 is 11.7 Å². The summed E-state index contributed by atoms with van der Waals surface area (Å²) in [7, 11) is 1.78. The van der Waals surface area contributed by atoms with E-state index in [1.165, 1.54) is 31.4 Å². The molecular weight excluding hydrogens is 473 g/mol. The zero-order valence-electron chi connectivity index (χ0n) is 20.4. The van der Waals surface area contributed by atoms with Crippen molar-refractivity contribution in [1.29, 1.82) is 0 Å². The Balaban J connectivity index is 1.24. The van der Waals surface area contributed by atoms with Crippen LogP contribution in [0.3, 0.4) is 0 Å². The number of fused-ring (bicyclic) bond motifs is 1. The third-order valence-electron chi connectivity index (χ3n) is 7.09. The predicted octanol–water partition coefficient (Wildman–Crippen LogP) is 3.62. The number of H-pyrrole nitrogens is 1. The molecule has 1 unspecified atom stereocenters. The van der Waals surface area contributed by atoms with Crippen LogP contribution in [-0.2, 0) is 11.2 Å². The second-order valence-electron chi connectivity index (χ2n) is 9.81. The van der Waals surface area contributed by atoms with Gasteiger partial charge in [-0.15, -0.1) is 0 Å². The molecule has 1 amide bonds. The van der Waals surface area contributed by atoms with Crippen molar-refractivity contribution in [3.8, 4) is 0 Å². The maximum absolute atomic E-state index is 15.1. The fourth-order valence-corrected chi connectivity index (χ4v) is 4.77. The Labute approximate surface area is 212 Å². The SMILES string of the molecule is CN1CCC(Nc2ncnc3[nH]cc(C(=O)c4ccc(Cc5ccc(C6CC6)nc5)nc4F)c23)CC1=O. The van der Waals surface area contributed by atoms with Crippen molar-refractivity contribution in [2.24, 2.45) is 0 Å². The van der Waals surface area contributed by atoms with Crippen molar-refractivity contribution >= 4 is 28.5 Å². The van der Waals surface area contributed by atoms with Gasteiger partial charge in [0.15, 0.2) is 5.78 Å². The summed E-state index contributed by atoms with van der Waals surface area (Å²) in [5, 5.41) is 3.75. The summed E-state index contributed by atoms with van der Waals surface area (Å²) in [6.07, 6.45) is 8.58. The fourth-order valence-electron chi connectivity index (χ4n) is 4.77. The van der Waals surface area contributed by atoms with E-state index in [9.17, 15) is 9.59 Å². The lowest BCUT2D eigenvalue weighted by atomic mass is 10.0. The average Bonchev–Trinajstić information content (AvgIpc) is 3.65. The molecule has 0 aromatic carbocycles. The van der Waals surface area contributed by atoms with Crippen LogP contribution in [0.1, 0.15) is 64.5 Å². The quantitative estimate of drug-likeness (QED) is 0.295. The van der Waals surface area contributed by atoms with Crippen LogP contribution in [0, 0.1) is 5.95 Å². The van der Waals surface area contributed by atoms with E-state index in [1.54, 1.807) is 18.0 Å². The molecule has 37 heavy (non-hydrogen) atoms. The van der Waals surface area contributed by atoms with Gasteiger partial charge in [0.05, 0.1) is 16.5 Å². The number of halogens is 1. The van der Waals surface area contributed by atoms with Gasteiger partial charge < -0.3 is 15.2 Å². The van der Waals surface area contributed by atoms with Crippen LogP contribution >= 0.6 is 0 Å². The van der Waals surface area contributed by atoms with Crippen molar-refractivity contribution in [3.63, 3.8) is 0 Å². The first-order valence-electron chi connectivity index (χ1n) is 12.4. The smallest absolute Gasteiger partial charge is 0.224 e. The molecule has 1 aliphatic carbocycles. The highest BCUT2D eigenvalue weighted by Crippen LogP contribution is 2.38. The van der Waals surface area contributed by atoms with E-state index >= 15 is 4.39 Å². The lowest BCUT2D eigenvalue weighted by molar-refractivity contribution is -0.132. The zero-order valence-corrected chi connectivity index (χ0v) is 20.4. The first-order valence-corrected chi connectivity index (χ1v) is 12.4. The summed E-state index contributed by atoms with van der Waals surface area (Å²) in [6, 6.07) is 7.03. The maximum atomic E-state index is 15.1. The molecule has 2 N–H and O–H groups in total. The Morgan fingerprint density at radius 2 is 2.00 bits per heavy atom. The van der Waals surface area contributed by atoms with Crippen LogP contribution in [0.2, 0.25) is 0 Å². The van der Waals surface area contributed by atoms with E-state index in [1.807, 2.05) is 18.3 Å². The Kier molecular flexibility index (Phi) is 5.86. The number of carbonyl (C=O) groups is 2. The number of aromatic nitrogens is 5. The Hall–Kier alpha value is -4.21. The summed E-state index contributed by atoms with van der Waals surface area (Å²) in [4.78, 5) is 47.3. The third-order valence-corrected chi connectivity index (χ3v) is 7.09. The zero-order chi connectivity index (χ0) is 25.5. The normalized spacial score (nSPS) is 17.8. The van der Waals surface area contributed by atoms with Crippen molar-refractivity contribution in [3.05, 3.63) is 77.0 Å². The van der Waals surface area contributed by atoms with Gasteiger partial charge in [0.25, 0.3) is 0 Å². The van der Waals surface area contributed by atoms with Gasteiger partial charge in [0.2, 0.25) is 11.9 Å². The van der Waals surface area contributed by atoms with Gasteiger partial charge >= 0.3 is 0 Å². The second-order valence-corrected chi connectivity index (χ2v) is 9.81. The molecule has 0 spiro atoms. The van der Waals surface area contributed by atoms with Crippen LogP contribution in [0.15, 0.2) is 43.0 Å². The molecule has 9 nitrogen and oxygen atoms in total. The lowest BCUT2D eigenvalue weighted by Gasteiger charge is -2.29. The second kappa shape index (κ2) is 9.34. The summed E-state index contributed by atoms with van der Waals surface area (Å²) in [5.74, 6) is -0.291. The van der Waals surface area contributed by atoms with Gasteiger partial charge in [0, 0.05) is 62.2 Å². The van der Waals surface area contributed by atoms with Crippen molar-refractivity contribution in [1.82, 2.24) is 29.8 Å². The van der Waals surface area contributed by atoms with E-state index in [4.69, 9.17) is 0 Å². The molecule has 1 saturated heterocycles. The van der Waals surface area contributed by atoms with Gasteiger partial charge in [-0.25, -0.2) is 15.0 Å². The monoisotopic (exact) mass is 499 g/mol. The third kappa shape index (κ3) is 4.66. The van der Waals surface area contributed by atoms with Gasteiger partial charge in [-0.05, 0) is 43.0 Å². The lowest BCUT2D eigenvalue weighted by Crippen LogP contribution is -2.41. The first-order chi connectivity index (χ1) is 18.0. The number of likely N-dealkylation sites (tertiary alicyclic amines) is 1. The molecule has 10 heteroatoms. The molecule has 0 radical (unpaired) electrons. The van der Waals surface area contributed by atoms with Crippen LogP contribution < -0.4 is 5.32 Å². The Morgan fingerprint density at radius 1 is 1.14 bits per heavy atom.